The molecule has 1 N–H and O–H groups in total. The minimum absolute atomic E-state index is 0.106. The predicted molar refractivity (Wildman–Crippen MR) is 119 cm³/mol. The van der Waals surface area contributed by atoms with Crippen LogP contribution in [0.4, 0.5) is 19.0 Å². The lowest BCUT2D eigenvalue weighted by Crippen LogP contribution is -2.44. The summed E-state index contributed by atoms with van der Waals surface area (Å²) in [4.78, 5) is 23.6. The topological polar surface area (TPSA) is 57.6 Å². The summed E-state index contributed by atoms with van der Waals surface area (Å²) in [6.45, 7) is 0.882. The minimum Gasteiger partial charge on any atom is -0.367 e. The fraction of sp³-hybridized carbons (Fsp3) is 0.708. The number of nitrogens with zero attached hydrogens (tertiary/aromatic N) is 3. The molecular weight excluding hydrogens is 417 g/mol. The van der Waals surface area contributed by atoms with Gasteiger partial charge in [-0.25, -0.2) is 4.98 Å². The quantitative estimate of drug-likeness (QED) is 0.676. The molecular formula is C24H33F3N4O. The molecule has 1 amide bonds. The number of aromatic nitrogens is 1. The number of fused-ring (bicyclic) bond motifs is 1. The maximum atomic E-state index is 13.1. The predicted octanol–water partition coefficient (Wildman–Crippen LogP) is 5.14. The molecule has 3 heterocycles. The number of alkyl halides is 3. The molecule has 32 heavy (non-hydrogen) atoms. The van der Waals surface area contributed by atoms with Gasteiger partial charge in [0.05, 0.1) is 5.92 Å². The molecule has 1 saturated heterocycles. The van der Waals surface area contributed by atoms with Crippen molar-refractivity contribution in [1.29, 1.82) is 0 Å². The Bertz CT molecular complexity index is 833. The van der Waals surface area contributed by atoms with E-state index in [0.717, 1.165) is 42.8 Å². The molecule has 4 rings (SSSR count). The molecule has 1 aromatic rings. The normalized spacial score (nSPS) is 22.7. The van der Waals surface area contributed by atoms with Crippen molar-refractivity contribution in [3.63, 3.8) is 0 Å². The fourth-order valence-electron chi connectivity index (χ4n) is 5.20. The molecule has 1 atom stereocenters. The van der Waals surface area contributed by atoms with Crippen molar-refractivity contribution in [1.82, 2.24) is 9.88 Å². The zero-order valence-electron chi connectivity index (χ0n) is 18.6. The highest BCUT2D eigenvalue weighted by Gasteiger charge is 2.42. The van der Waals surface area contributed by atoms with E-state index >= 15 is 0 Å². The van der Waals surface area contributed by atoms with Gasteiger partial charge in [-0.3, -0.25) is 9.79 Å². The van der Waals surface area contributed by atoms with Crippen molar-refractivity contribution < 1.29 is 18.0 Å². The Morgan fingerprint density at radius 2 is 1.94 bits per heavy atom. The van der Waals surface area contributed by atoms with Crippen molar-refractivity contribution in [2.24, 2.45) is 10.9 Å². The SMILES string of the molecule is O=C(CCC1=NCCCc2ccnc(NC3CCCCC3)c21)N1CCCC(C(F)(F)F)C1. The number of carbonyl (C=O) groups excluding carboxylic acids is 1. The van der Waals surface area contributed by atoms with Gasteiger partial charge < -0.3 is 10.2 Å². The summed E-state index contributed by atoms with van der Waals surface area (Å²) in [7, 11) is 0. The molecule has 0 aromatic carbocycles. The maximum absolute atomic E-state index is 13.1. The van der Waals surface area contributed by atoms with E-state index < -0.39 is 12.1 Å². The number of piperidine rings is 1. The van der Waals surface area contributed by atoms with E-state index in [4.69, 9.17) is 4.99 Å². The summed E-state index contributed by atoms with van der Waals surface area (Å²) >= 11 is 0. The Kier molecular flexibility index (Phi) is 7.36. The number of aryl methyl sites for hydroxylation is 1. The Morgan fingerprint density at radius 3 is 2.72 bits per heavy atom. The molecule has 2 aliphatic heterocycles. The molecule has 1 aromatic heterocycles. The van der Waals surface area contributed by atoms with Crippen LogP contribution in [0.1, 0.15) is 75.3 Å². The summed E-state index contributed by atoms with van der Waals surface area (Å²) in [6.07, 6.45) is 6.55. The first-order valence-corrected chi connectivity index (χ1v) is 12.0. The Balaban J connectivity index is 1.45. The van der Waals surface area contributed by atoms with Gasteiger partial charge >= 0.3 is 6.18 Å². The van der Waals surface area contributed by atoms with E-state index in [2.05, 4.69) is 10.3 Å². The maximum Gasteiger partial charge on any atom is 0.393 e. The van der Waals surface area contributed by atoms with E-state index in [0.29, 0.717) is 32.0 Å². The number of aliphatic imine (C=N–C) groups is 1. The second-order valence-electron chi connectivity index (χ2n) is 9.33. The molecule has 1 aliphatic carbocycles. The van der Waals surface area contributed by atoms with E-state index in [1.165, 1.54) is 29.7 Å². The van der Waals surface area contributed by atoms with Crippen LogP contribution in [0.5, 0.6) is 0 Å². The van der Waals surface area contributed by atoms with E-state index in [1.54, 1.807) is 0 Å². The molecule has 5 nitrogen and oxygen atoms in total. The first kappa shape index (κ1) is 23.1. The van der Waals surface area contributed by atoms with Crippen molar-refractivity contribution in [2.45, 2.75) is 82.8 Å². The highest BCUT2D eigenvalue weighted by molar-refractivity contribution is 6.07. The van der Waals surface area contributed by atoms with Crippen LogP contribution in [0.25, 0.3) is 0 Å². The van der Waals surface area contributed by atoms with Gasteiger partial charge in [-0.05, 0) is 56.6 Å². The van der Waals surface area contributed by atoms with Crippen LogP contribution < -0.4 is 5.32 Å². The Hall–Kier alpha value is -2.12. The molecule has 3 aliphatic rings. The van der Waals surface area contributed by atoms with E-state index in [-0.39, 0.29) is 25.3 Å². The minimum atomic E-state index is -4.24. The zero-order chi connectivity index (χ0) is 22.6. The standard InChI is InChI=1S/C24H33F3N4O/c25-24(26,27)18-7-5-15-31(16-18)21(32)11-10-20-22-17(6-4-13-28-20)12-14-29-23(22)30-19-8-2-1-3-9-19/h12,14,18-19H,1-11,13,15-16H2,(H,29,30). The van der Waals surface area contributed by atoms with Crippen molar-refractivity contribution in [3.05, 3.63) is 23.4 Å². The number of hydrogen-bond donors (Lipinski definition) is 1. The zero-order valence-corrected chi connectivity index (χ0v) is 18.6. The lowest BCUT2D eigenvalue weighted by atomic mass is 9.94. The average molecular weight is 451 g/mol. The molecule has 0 bridgehead atoms. The first-order chi connectivity index (χ1) is 15.4. The van der Waals surface area contributed by atoms with Crippen LogP contribution in [-0.4, -0.2) is 53.4 Å². The summed E-state index contributed by atoms with van der Waals surface area (Å²) in [5, 5.41) is 3.63. The largest absolute Gasteiger partial charge is 0.393 e. The van der Waals surface area contributed by atoms with Crippen LogP contribution in [0.15, 0.2) is 17.3 Å². The summed E-state index contributed by atoms with van der Waals surface area (Å²) in [5.41, 5.74) is 3.06. The highest BCUT2D eigenvalue weighted by Crippen LogP contribution is 2.33. The molecule has 2 fully saturated rings. The molecule has 0 radical (unpaired) electrons. The number of halogens is 3. The lowest BCUT2D eigenvalue weighted by Gasteiger charge is -2.33. The highest BCUT2D eigenvalue weighted by atomic mass is 19.4. The Morgan fingerprint density at radius 1 is 1.12 bits per heavy atom. The van der Waals surface area contributed by atoms with Crippen LogP contribution in [0, 0.1) is 5.92 Å². The van der Waals surface area contributed by atoms with Gasteiger partial charge in [0.15, 0.2) is 0 Å². The van der Waals surface area contributed by atoms with Gasteiger partial charge in [-0.1, -0.05) is 19.3 Å². The number of nitrogens with one attached hydrogen (secondary N) is 1. The van der Waals surface area contributed by atoms with Gasteiger partial charge in [0.1, 0.15) is 5.82 Å². The molecule has 1 unspecified atom stereocenters. The number of rotatable bonds is 5. The van der Waals surface area contributed by atoms with E-state index in [9.17, 15) is 18.0 Å². The number of anilines is 1. The molecule has 1 saturated carbocycles. The van der Waals surface area contributed by atoms with Gasteiger partial charge in [0.25, 0.3) is 0 Å². The number of carbonyl (C=O) groups is 1. The number of hydrogen-bond acceptors (Lipinski definition) is 4. The molecule has 8 heteroatoms. The van der Waals surface area contributed by atoms with Crippen LogP contribution in [0.3, 0.4) is 0 Å². The average Bonchev–Trinajstić information content (AvgIpc) is 3.00. The van der Waals surface area contributed by atoms with Crippen molar-refractivity contribution >= 4 is 17.4 Å². The van der Waals surface area contributed by atoms with Crippen molar-refractivity contribution in [3.8, 4) is 0 Å². The van der Waals surface area contributed by atoms with Gasteiger partial charge in [0.2, 0.25) is 5.91 Å². The van der Waals surface area contributed by atoms with Gasteiger partial charge in [-0.2, -0.15) is 13.2 Å². The first-order valence-electron chi connectivity index (χ1n) is 12.0. The third-order valence-corrected chi connectivity index (χ3v) is 6.99. The summed E-state index contributed by atoms with van der Waals surface area (Å²) in [6, 6.07) is 2.43. The summed E-state index contributed by atoms with van der Waals surface area (Å²) in [5.74, 6) is -0.776. The van der Waals surface area contributed by atoms with Crippen LogP contribution in [-0.2, 0) is 11.2 Å². The third kappa shape index (κ3) is 5.62. The van der Waals surface area contributed by atoms with Gasteiger partial charge in [-0.15, -0.1) is 0 Å². The summed E-state index contributed by atoms with van der Waals surface area (Å²) < 4.78 is 39.4. The fourth-order valence-corrected chi connectivity index (χ4v) is 5.20. The second-order valence-corrected chi connectivity index (χ2v) is 9.33. The van der Waals surface area contributed by atoms with Crippen LogP contribution >= 0.6 is 0 Å². The van der Waals surface area contributed by atoms with Gasteiger partial charge in [0, 0.05) is 49.6 Å². The smallest absolute Gasteiger partial charge is 0.367 e. The number of likely N-dealkylation sites (tertiary alicyclic amines) is 1. The molecule has 0 spiro atoms. The third-order valence-electron chi connectivity index (χ3n) is 6.99. The monoisotopic (exact) mass is 450 g/mol. The number of amides is 1. The Labute approximate surface area is 187 Å². The molecule has 176 valence electrons. The van der Waals surface area contributed by atoms with E-state index in [1.807, 2.05) is 12.3 Å². The second kappa shape index (κ2) is 10.2. The van der Waals surface area contributed by atoms with Crippen LogP contribution in [0.2, 0.25) is 0 Å². The van der Waals surface area contributed by atoms with Crippen molar-refractivity contribution in [2.75, 3.05) is 25.0 Å². The lowest BCUT2D eigenvalue weighted by molar-refractivity contribution is -0.188. The number of pyridine rings is 1.